The van der Waals surface area contributed by atoms with Gasteiger partial charge in [0.05, 0.1) is 0 Å². The van der Waals surface area contributed by atoms with Gasteiger partial charge in [0.2, 0.25) is 5.13 Å². The molecule has 0 aromatic carbocycles. The smallest absolute Gasteiger partial charge is 0.237 e. The number of halogens is 5. The lowest BCUT2D eigenvalue weighted by molar-refractivity contribution is 0.198. The topological polar surface area (TPSA) is 0 Å². The third-order valence-electron chi connectivity index (χ3n) is 1.21. The molecule has 0 aromatic heterocycles. The molecule has 0 radical (unpaired) electrons. The number of rotatable bonds is 0. The van der Waals surface area contributed by atoms with Gasteiger partial charge in [-0.1, -0.05) is 11.6 Å². The number of allylic oxidation sites excluding steroid dienone is 4. The molecule has 0 saturated carbocycles. The molecule has 1 rings (SSSR count). The Morgan fingerprint density at radius 2 is 1.91 bits per heavy atom. The highest BCUT2D eigenvalue weighted by Crippen LogP contribution is 2.35. The van der Waals surface area contributed by atoms with E-state index in [1.807, 2.05) is 0 Å². The zero-order valence-corrected chi connectivity index (χ0v) is 5.88. The summed E-state index contributed by atoms with van der Waals surface area (Å²) in [5.74, 6) is -2.90. The monoisotopic (exact) mass is 186 g/mol. The van der Waals surface area contributed by atoms with Gasteiger partial charge in [0.15, 0.2) is 17.8 Å². The van der Waals surface area contributed by atoms with Crippen LogP contribution in [-0.2, 0) is 0 Å². The van der Waals surface area contributed by atoms with Crippen molar-refractivity contribution in [2.45, 2.75) is 11.3 Å². The summed E-state index contributed by atoms with van der Waals surface area (Å²) in [5, 5.41) is -2.96. The van der Waals surface area contributed by atoms with Crippen LogP contribution in [0.4, 0.5) is 17.6 Å². The molecule has 0 nitrogen and oxygen atoms in total. The fourth-order valence-corrected chi connectivity index (χ4v) is 0.795. The summed E-state index contributed by atoms with van der Waals surface area (Å²) in [4.78, 5) is 0. The van der Waals surface area contributed by atoms with Crippen molar-refractivity contribution in [1.29, 1.82) is 0 Å². The van der Waals surface area contributed by atoms with Crippen molar-refractivity contribution in [3.63, 3.8) is 0 Å². The van der Waals surface area contributed by atoms with E-state index in [9.17, 15) is 17.6 Å². The van der Waals surface area contributed by atoms with Crippen molar-refractivity contribution < 1.29 is 17.6 Å². The van der Waals surface area contributed by atoms with Crippen LogP contribution < -0.4 is 0 Å². The molecule has 0 bridgehead atoms. The molecule has 5 heteroatoms. The molecule has 0 N–H and O–H groups in total. The summed E-state index contributed by atoms with van der Waals surface area (Å²) in [6.07, 6.45) is -2.12. The quantitative estimate of drug-likeness (QED) is 0.403. The zero-order valence-electron chi connectivity index (χ0n) is 5.12. The minimum absolute atomic E-state index is 0.0640. The summed E-state index contributed by atoms with van der Waals surface area (Å²) in [6, 6.07) is 0. The first-order valence-electron chi connectivity index (χ1n) is 2.71. The number of hydrogen-bond donors (Lipinski definition) is 0. The largest absolute Gasteiger partial charge is 0.239 e. The average molecular weight is 187 g/mol. The Bertz CT molecular complexity index is 231. The van der Waals surface area contributed by atoms with Gasteiger partial charge >= 0.3 is 0 Å². The minimum Gasteiger partial charge on any atom is -0.237 e. The predicted octanol–water partition coefficient (Wildman–Crippen LogP) is 2.95. The summed E-state index contributed by atoms with van der Waals surface area (Å²) in [5.41, 5.74) is 0. The van der Waals surface area contributed by atoms with Gasteiger partial charge in [-0.15, -0.1) is 0 Å². The van der Waals surface area contributed by atoms with E-state index in [4.69, 9.17) is 11.6 Å². The molecular weight excluding hydrogens is 184 g/mol. The molecule has 0 aromatic rings. The Kier molecular flexibility index (Phi) is 1.96. The highest BCUT2D eigenvalue weighted by atomic mass is 35.5. The lowest BCUT2D eigenvalue weighted by Crippen LogP contribution is -2.27. The van der Waals surface area contributed by atoms with Crippen molar-refractivity contribution in [1.82, 2.24) is 0 Å². The third kappa shape index (κ3) is 1.56. The van der Waals surface area contributed by atoms with Crippen LogP contribution in [0, 0.1) is 0 Å². The van der Waals surface area contributed by atoms with Gasteiger partial charge in [-0.2, -0.15) is 0 Å². The molecule has 0 saturated heterocycles. The second kappa shape index (κ2) is 2.52. The van der Waals surface area contributed by atoms with Gasteiger partial charge in [0, 0.05) is 6.08 Å². The molecule has 0 aliphatic heterocycles. The van der Waals surface area contributed by atoms with Crippen molar-refractivity contribution in [2.75, 3.05) is 0 Å². The second-order valence-electron chi connectivity index (χ2n) is 2.08. The van der Waals surface area contributed by atoms with E-state index in [0.29, 0.717) is 0 Å². The van der Waals surface area contributed by atoms with Crippen LogP contribution >= 0.6 is 11.6 Å². The predicted molar refractivity (Wildman–Crippen MR) is 33.0 cm³/mol. The third-order valence-corrected chi connectivity index (χ3v) is 1.53. The van der Waals surface area contributed by atoms with E-state index in [2.05, 4.69) is 0 Å². The van der Waals surface area contributed by atoms with Crippen LogP contribution in [0.15, 0.2) is 23.8 Å². The van der Waals surface area contributed by atoms with Gasteiger partial charge in [-0.05, 0) is 6.08 Å². The summed E-state index contributed by atoms with van der Waals surface area (Å²) < 4.78 is 49.2. The Labute approximate surface area is 65.1 Å². The molecule has 1 aliphatic carbocycles. The van der Waals surface area contributed by atoms with Crippen LogP contribution in [0.25, 0.3) is 0 Å². The van der Waals surface area contributed by atoms with Crippen LogP contribution in [0.2, 0.25) is 0 Å². The van der Waals surface area contributed by atoms with E-state index >= 15 is 0 Å². The summed E-state index contributed by atoms with van der Waals surface area (Å²) >= 11 is 4.81. The van der Waals surface area contributed by atoms with Gasteiger partial charge in [-0.25, -0.2) is 17.6 Å². The molecule has 11 heavy (non-hydrogen) atoms. The van der Waals surface area contributed by atoms with Crippen molar-refractivity contribution in [3.8, 4) is 0 Å². The summed E-state index contributed by atoms with van der Waals surface area (Å²) in [6.45, 7) is 0. The van der Waals surface area contributed by atoms with E-state index in [1.165, 1.54) is 0 Å². The molecular formula is C6H3ClF4. The first-order valence-corrected chi connectivity index (χ1v) is 3.09. The number of alkyl halides is 3. The fourth-order valence-electron chi connectivity index (χ4n) is 0.637. The normalized spacial score (nSPS) is 38.1. The van der Waals surface area contributed by atoms with Crippen molar-refractivity contribution in [2.24, 2.45) is 0 Å². The van der Waals surface area contributed by atoms with Crippen molar-refractivity contribution in [3.05, 3.63) is 23.8 Å². The van der Waals surface area contributed by atoms with Crippen LogP contribution in [0.3, 0.4) is 0 Å². The number of hydrogen-bond acceptors (Lipinski definition) is 0. The van der Waals surface area contributed by atoms with Gasteiger partial charge in [0.25, 0.3) is 0 Å². The maximum Gasteiger partial charge on any atom is 0.239 e. The zero-order chi connectivity index (χ0) is 8.65. The lowest BCUT2D eigenvalue weighted by atomic mass is 10.1. The molecule has 1 aliphatic rings. The maximum atomic E-state index is 12.6. The molecule has 0 amide bonds. The van der Waals surface area contributed by atoms with Crippen LogP contribution in [-0.4, -0.2) is 11.3 Å². The van der Waals surface area contributed by atoms with Gasteiger partial charge in [-0.3, -0.25) is 0 Å². The van der Waals surface area contributed by atoms with Crippen molar-refractivity contribution >= 4 is 11.6 Å². The van der Waals surface area contributed by atoms with E-state index in [-0.39, 0.29) is 12.2 Å². The van der Waals surface area contributed by atoms with Crippen LogP contribution in [0.5, 0.6) is 0 Å². The molecule has 0 heterocycles. The minimum atomic E-state index is -2.96. The summed E-state index contributed by atoms with van der Waals surface area (Å²) in [7, 11) is 0. The average Bonchev–Trinajstić information content (AvgIpc) is 1.83. The highest BCUT2D eigenvalue weighted by molar-refractivity contribution is 6.24. The Morgan fingerprint density at radius 1 is 1.36 bits per heavy atom. The lowest BCUT2D eigenvalue weighted by Gasteiger charge is -2.19. The van der Waals surface area contributed by atoms with E-state index in [0.717, 1.165) is 0 Å². The Balaban J connectivity index is 2.98. The Hall–Kier alpha value is -0.510. The first kappa shape index (κ1) is 8.59. The standard InChI is InChI=1S/C6H3ClF4/c7-6(11)2-4(9)3(8)1-5(6)10/h1-2,5H. The van der Waals surface area contributed by atoms with E-state index in [1.54, 1.807) is 0 Å². The van der Waals surface area contributed by atoms with Crippen LogP contribution in [0.1, 0.15) is 0 Å². The second-order valence-corrected chi connectivity index (χ2v) is 2.66. The molecule has 2 unspecified atom stereocenters. The fraction of sp³-hybridized carbons (Fsp3) is 0.333. The Morgan fingerprint density at radius 3 is 2.36 bits per heavy atom. The SMILES string of the molecule is FC1=CC(F)C(F)(Cl)C=C1F. The first-order chi connectivity index (χ1) is 4.93. The van der Waals surface area contributed by atoms with Gasteiger partial charge < -0.3 is 0 Å². The van der Waals surface area contributed by atoms with E-state index < -0.39 is 23.0 Å². The maximum absolute atomic E-state index is 12.6. The highest BCUT2D eigenvalue weighted by Gasteiger charge is 2.39. The molecule has 0 spiro atoms. The van der Waals surface area contributed by atoms with Gasteiger partial charge in [0.1, 0.15) is 0 Å². The molecule has 62 valence electrons. The molecule has 0 fully saturated rings. The molecule has 2 atom stereocenters.